The van der Waals surface area contributed by atoms with Crippen molar-refractivity contribution >= 4 is 11.8 Å². The first-order valence-corrected chi connectivity index (χ1v) is 15.7. The maximum Gasteiger partial charge on any atom is 0.254 e. The van der Waals surface area contributed by atoms with Crippen molar-refractivity contribution in [1.29, 1.82) is 0 Å². The summed E-state index contributed by atoms with van der Waals surface area (Å²) in [5.41, 5.74) is 4.86. The van der Waals surface area contributed by atoms with E-state index in [4.69, 9.17) is 9.47 Å². The smallest absolute Gasteiger partial charge is 0.254 e. The Morgan fingerprint density at radius 1 is 0.822 bits per heavy atom. The number of rotatable bonds is 15. The van der Waals surface area contributed by atoms with Gasteiger partial charge in [0.25, 0.3) is 5.91 Å². The third kappa shape index (κ3) is 9.82. The first-order chi connectivity index (χ1) is 21.7. The molecule has 4 aromatic rings. The lowest BCUT2D eigenvalue weighted by molar-refractivity contribution is -0.133. The normalized spacial score (nSPS) is 11.3. The second-order valence-electron chi connectivity index (χ2n) is 12.3. The first kappa shape index (κ1) is 33.5. The molecule has 7 nitrogen and oxygen atoms in total. The highest BCUT2D eigenvalue weighted by molar-refractivity contribution is 5.96. The Labute approximate surface area is 268 Å². The van der Waals surface area contributed by atoms with Crippen LogP contribution in [-0.4, -0.2) is 59.6 Å². The molecule has 0 spiro atoms. The van der Waals surface area contributed by atoms with Crippen LogP contribution in [0.15, 0.2) is 97.2 Å². The van der Waals surface area contributed by atoms with E-state index in [-0.39, 0.29) is 23.8 Å². The van der Waals surface area contributed by atoms with Crippen LogP contribution in [0, 0.1) is 0 Å². The summed E-state index contributed by atoms with van der Waals surface area (Å²) in [6.07, 6.45) is 2.68. The van der Waals surface area contributed by atoms with Gasteiger partial charge in [0.15, 0.2) is 0 Å². The number of nitrogens with zero attached hydrogens (tertiary/aromatic N) is 3. The van der Waals surface area contributed by atoms with Gasteiger partial charge in [-0.1, -0.05) is 75.4 Å². The van der Waals surface area contributed by atoms with E-state index in [1.807, 2.05) is 103 Å². The molecule has 1 aromatic heterocycles. The Balaban J connectivity index is 1.57. The summed E-state index contributed by atoms with van der Waals surface area (Å²) >= 11 is 0. The summed E-state index contributed by atoms with van der Waals surface area (Å²) in [6, 6.07) is 29.8. The van der Waals surface area contributed by atoms with Crippen molar-refractivity contribution in [3.63, 3.8) is 0 Å². The molecule has 0 saturated heterocycles. The van der Waals surface area contributed by atoms with Crippen molar-refractivity contribution in [3.05, 3.63) is 125 Å². The fourth-order valence-electron chi connectivity index (χ4n) is 5.26. The Morgan fingerprint density at radius 3 is 2.24 bits per heavy atom. The van der Waals surface area contributed by atoms with Crippen LogP contribution in [-0.2, 0) is 34.6 Å². The number of aromatic nitrogens is 1. The van der Waals surface area contributed by atoms with Gasteiger partial charge in [0.1, 0.15) is 12.3 Å². The van der Waals surface area contributed by atoms with Crippen molar-refractivity contribution in [3.8, 4) is 5.75 Å². The van der Waals surface area contributed by atoms with Crippen LogP contribution in [0.25, 0.3) is 0 Å². The number of hydrogen-bond donors (Lipinski definition) is 0. The van der Waals surface area contributed by atoms with E-state index in [0.717, 1.165) is 28.1 Å². The summed E-state index contributed by atoms with van der Waals surface area (Å²) in [5, 5.41) is 0. The molecule has 0 fully saturated rings. The molecule has 2 amide bonds. The molecule has 45 heavy (non-hydrogen) atoms. The van der Waals surface area contributed by atoms with Crippen LogP contribution >= 0.6 is 0 Å². The van der Waals surface area contributed by atoms with Gasteiger partial charge in [0, 0.05) is 50.3 Å². The van der Waals surface area contributed by atoms with Gasteiger partial charge in [-0.05, 0) is 71.8 Å². The second kappa shape index (κ2) is 16.1. The minimum absolute atomic E-state index is 0.0170. The summed E-state index contributed by atoms with van der Waals surface area (Å²) in [4.78, 5) is 31.4. The zero-order chi connectivity index (χ0) is 32.2. The molecule has 0 aliphatic rings. The molecule has 3 aromatic carbocycles. The standard InChI is InChI=1S/C38H47N3O4/c1-6-45-24-12-23-40(37(43)32-18-20-33(21-19-32)38(2,3)4)29-36(42)41(26-30-13-8-7-9-14-30)28-34-16-11-22-39(34)27-31-15-10-17-35(25-31)44-5/h7-11,13-22,25H,6,12,23-24,26-29H2,1-5H3. The van der Waals surface area contributed by atoms with Crippen molar-refractivity contribution < 1.29 is 19.1 Å². The summed E-state index contributed by atoms with van der Waals surface area (Å²) in [7, 11) is 1.67. The quantitative estimate of drug-likeness (QED) is 0.137. The zero-order valence-electron chi connectivity index (χ0n) is 27.4. The molecule has 0 bridgehead atoms. The van der Waals surface area contributed by atoms with Crippen LogP contribution in [0.3, 0.4) is 0 Å². The van der Waals surface area contributed by atoms with E-state index in [1.165, 1.54) is 0 Å². The SMILES string of the molecule is CCOCCCN(CC(=O)N(Cc1ccccc1)Cc1cccn1Cc1cccc(OC)c1)C(=O)c1ccc(C(C)(C)C)cc1. The molecule has 0 aliphatic heterocycles. The predicted octanol–water partition coefficient (Wildman–Crippen LogP) is 6.94. The van der Waals surface area contributed by atoms with Crippen molar-refractivity contribution in [2.45, 2.75) is 59.2 Å². The molecule has 0 N–H and O–H groups in total. The summed E-state index contributed by atoms with van der Waals surface area (Å²) in [5.74, 6) is 0.551. The number of carbonyl (C=O) groups excluding carboxylic acids is 2. The molecule has 0 saturated carbocycles. The Bertz CT molecular complexity index is 1510. The number of methoxy groups -OCH3 is 1. The summed E-state index contributed by atoms with van der Waals surface area (Å²) < 4.78 is 13.1. The van der Waals surface area contributed by atoms with Crippen molar-refractivity contribution in [2.75, 3.05) is 33.4 Å². The minimum atomic E-state index is -0.152. The van der Waals surface area contributed by atoms with Crippen molar-refractivity contribution in [2.24, 2.45) is 0 Å². The lowest BCUT2D eigenvalue weighted by atomic mass is 9.86. The minimum Gasteiger partial charge on any atom is -0.497 e. The van der Waals surface area contributed by atoms with E-state index < -0.39 is 0 Å². The topological polar surface area (TPSA) is 64.0 Å². The van der Waals surface area contributed by atoms with Crippen molar-refractivity contribution in [1.82, 2.24) is 14.4 Å². The van der Waals surface area contributed by atoms with E-state index in [2.05, 4.69) is 31.4 Å². The molecule has 238 valence electrons. The highest BCUT2D eigenvalue weighted by Gasteiger charge is 2.24. The van der Waals surface area contributed by atoms with Crippen LogP contribution < -0.4 is 4.74 Å². The number of hydrogen-bond acceptors (Lipinski definition) is 4. The Hall–Kier alpha value is -4.36. The van der Waals surface area contributed by atoms with Gasteiger partial charge in [0.2, 0.25) is 5.91 Å². The van der Waals surface area contributed by atoms with Crippen LogP contribution in [0.2, 0.25) is 0 Å². The lowest BCUT2D eigenvalue weighted by Gasteiger charge is -2.29. The molecule has 0 unspecified atom stereocenters. The fraction of sp³-hybridized carbons (Fsp3) is 0.368. The maximum absolute atomic E-state index is 14.1. The van der Waals surface area contributed by atoms with E-state index in [1.54, 1.807) is 12.0 Å². The van der Waals surface area contributed by atoms with Crippen LogP contribution in [0.5, 0.6) is 5.75 Å². The molecule has 1 heterocycles. The highest BCUT2D eigenvalue weighted by Crippen LogP contribution is 2.23. The molecular formula is C38H47N3O4. The van der Waals surface area contributed by atoms with Gasteiger partial charge < -0.3 is 23.8 Å². The highest BCUT2D eigenvalue weighted by atomic mass is 16.5. The predicted molar refractivity (Wildman–Crippen MR) is 179 cm³/mol. The van der Waals surface area contributed by atoms with Gasteiger partial charge >= 0.3 is 0 Å². The number of carbonyl (C=O) groups is 2. The fourth-order valence-corrected chi connectivity index (χ4v) is 5.26. The van der Waals surface area contributed by atoms with Gasteiger partial charge in [-0.2, -0.15) is 0 Å². The zero-order valence-corrected chi connectivity index (χ0v) is 27.4. The van der Waals surface area contributed by atoms with Crippen LogP contribution in [0.1, 0.15) is 66.9 Å². The first-order valence-electron chi connectivity index (χ1n) is 15.7. The Morgan fingerprint density at radius 2 is 1.56 bits per heavy atom. The molecule has 0 atom stereocenters. The molecule has 0 aliphatic carbocycles. The third-order valence-electron chi connectivity index (χ3n) is 7.86. The number of benzene rings is 3. The van der Waals surface area contributed by atoms with Gasteiger partial charge in [-0.25, -0.2) is 0 Å². The second-order valence-corrected chi connectivity index (χ2v) is 12.3. The lowest BCUT2D eigenvalue weighted by Crippen LogP contribution is -2.43. The largest absolute Gasteiger partial charge is 0.497 e. The number of amides is 2. The average molecular weight is 610 g/mol. The molecule has 0 radical (unpaired) electrons. The maximum atomic E-state index is 14.1. The van der Waals surface area contributed by atoms with E-state index in [0.29, 0.717) is 51.4 Å². The van der Waals surface area contributed by atoms with Crippen LogP contribution in [0.4, 0.5) is 0 Å². The van der Waals surface area contributed by atoms with Gasteiger partial charge in [-0.3, -0.25) is 9.59 Å². The van der Waals surface area contributed by atoms with Gasteiger partial charge in [-0.15, -0.1) is 0 Å². The van der Waals surface area contributed by atoms with E-state index >= 15 is 0 Å². The number of ether oxygens (including phenoxy) is 2. The average Bonchev–Trinajstić information content (AvgIpc) is 3.48. The third-order valence-corrected chi connectivity index (χ3v) is 7.86. The Kier molecular flexibility index (Phi) is 12.0. The molecule has 4 rings (SSSR count). The monoisotopic (exact) mass is 609 g/mol. The summed E-state index contributed by atoms with van der Waals surface area (Å²) in [6.45, 7) is 11.5. The van der Waals surface area contributed by atoms with Gasteiger partial charge in [0.05, 0.1) is 13.7 Å². The molecule has 7 heteroatoms. The van der Waals surface area contributed by atoms with E-state index in [9.17, 15) is 9.59 Å². The molecular weight excluding hydrogens is 562 g/mol.